The van der Waals surface area contributed by atoms with Gasteiger partial charge in [-0.1, -0.05) is 13.3 Å². The highest BCUT2D eigenvalue weighted by Crippen LogP contribution is 2.43. The first-order valence-corrected chi connectivity index (χ1v) is 6.48. The smallest absolute Gasteiger partial charge is 0.312 e. The number of nitrogens with zero attached hydrogens (tertiary/aromatic N) is 1. The fraction of sp³-hybridized carbons (Fsp3) is 0.800. The summed E-state index contributed by atoms with van der Waals surface area (Å²) in [6.07, 6.45) is 1.42. The van der Waals surface area contributed by atoms with E-state index in [0.29, 0.717) is 18.7 Å². The normalized spacial score (nSPS) is 37.9. The lowest BCUT2D eigenvalue weighted by molar-refractivity contribution is -0.157. The second-order valence-corrected chi connectivity index (χ2v) is 5.63. The van der Waals surface area contributed by atoms with E-state index in [1.165, 1.54) is 11.8 Å². The molecular weight excluding hydrogens is 228 g/mol. The highest BCUT2D eigenvalue weighted by molar-refractivity contribution is 8.00. The molecule has 2 saturated heterocycles. The summed E-state index contributed by atoms with van der Waals surface area (Å²) < 4.78 is 0. The van der Waals surface area contributed by atoms with E-state index in [4.69, 9.17) is 5.73 Å². The summed E-state index contributed by atoms with van der Waals surface area (Å²) in [6.45, 7) is 2.28. The minimum atomic E-state index is -0.798. The molecule has 0 saturated carbocycles. The van der Waals surface area contributed by atoms with Crippen LogP contribution in [-0.2, 0) is 9.59 Å². The van der Waals surface area contributed by atoms with Crippen LogP contribution in [0.15, 0.2) is 0 Å². The van der Waals surface area contributed by atoms with Gasteiger partial charge in [-0.25, -0.2) is 0 Å². The summed E-state index contributed by atoms with van der Waals surface area (Å²) >= 11 is 1.50. The van der Waals surface area contributed by atoms with Crippen molar-refractivity contribution in [2.45, 2.75) is 31.2 Å². The molecule has 2 rings (SSSR count). The zero-order chi connectivity index (χ0) is 11.9. The maximum Gasteiger partial charge on any atom is 0.312 e. The van der Waals surface area contributed by atoms with Gasteiger partial charge in [0.1, 0.15) is 11.4 Å². The average molecular weight is 244 g/mol. The van der Waals surface area contributed by atoms with Crippen molar-refractivity contribution >= 4 is 23.6 Å². The summed E-state index contributed by atoms with van der Waals surface area (Å²) in [4.78, 5) is 24.5. The van der Waals surface area contributed by atoms with Crippen molar-refractivity contribution in [2.75, 3.05) is 12.3 Å². The fourth-order valence-corrected chi connectivity index (χ4v) is 3.93. The van der Waals surface area contributed by atoms with Crippen molar-refractivity contribution in [3.05, 3.63) is 0 Å². The van der Waals surface area contributed by atoms with Gasteiger partial charge in [0.05, 0.1) is 5.41 Å². The van der Waals surface area contributed by atoms with Gasteiger partial charge in [-0.2, -0.15) is 0 Å². The van der Waals surface area contributed by atoms with E-state index in [1.807, 2.05) is 6.92 Å². The first-order chi connectivity index (χ1) is 7.52. The van der Waals surface area contributed by atoms with Crippen LogP contribution in [0.3, 0.4) is 0 Å². The summed E-state index contributed by atoms with van der Waals surface area (Å²) in [5.41, 5.74) is 4.88. The van der Waals surface area contributed by atoms with E-state index in [0.717, 1.165) is 6.42 Å². The van der Waals surface area contributed by atoms with Gasteiger partial charge in [0.2, 0.25) is 5.91 Å². The molecule has 16 heavy (non-hydrogen) atoms. The van der Waals surface area contributed by atoms with E-state index in [9.17, 15) is 14.7 Å². The largest absolute Gasteiger partial charge is 0.481 e. The van der Waals surface area contributed by atoms with Crippen LogP contribution < -0.4 is 5.73 Å². The standard InChI is InChI=1S/C10H16N2O3S/c1-2-3-10(9(14)15)4-12-7(13)6(11)8(12)16-5-10/h6,8H,2-5,11H2,1H3,(H,14,15)/t6?,8-,10?/m1/s1. The first-order valence-electron chi connectivity index (χ1n) is 5.43. The maximum absolute atomic E-state index is 11.5. The molecule has 2 unspecified atom stereocenters. The zero-order valence-electron chi connectivity index (χ0n) is 9.18. The molecule has 0 aromatic rings. The number of β-lactam (4-membered cyclic amide) rings is 1. The van der Waals surface area contributed by atoms with Crippen LogP contribution in [0, 0.1) is 5.41 Å². The number of carbonyl (C=O) groups is 2. The Morgan fingerprint density at radius 2 is 2.44 bits per heavy atom. The molecule has 3 N–H and O–H groups in total. The molecule has 6 heteroatoms. The third-order valence-electron chi connectivity index (χ3n) is 3.37. The number of hydrogen-bond acceptors (Lipinski definition) is 4. The van der Waals surface area contributed by atoms with Gasteiger partial charge >= 0.3 is 5.97 Å². The topological polar surface area (TPSA) is 83.6 Å². The molecule has 0 bridgehead atoms. The van der Waals surface area contributed by atoms with Crippen LogP contribution in [0.4, 0.5) is 0 Å². The van der Waals surface area contributed by atoms with Crippen LogP contribution in [-0.4, -0.2) is 45.6 Å². The Morgan fingerprint density at radius 3 is 3.00 bits per heavy atom. The summed E-state index contributed by atoms with van der Waals surface area (Å²) in [5, 5.41) is 9.31. The molecule has 1 amide bonds. The molecule has 2 heterocycles. The van der Waals surface area contributed by atoms with E-state index in [2.05, 4.69) is 0 Å². The lowest BCUT2D eigenvalue weighted by Gasteiger charge is -2.52. The third-order valence-corrected chi connectivity index (χ3v) is 4.98. The van der Waals surface area contributed by atoms with Gasteiger partial charge in [-0.05, 0) is 6.42 Å². The molecule has 2 aliphatic rings. The molecule has 90 valence electrons. The molecule has 5 nitrogen and oxygen atoms in total. The Hall–Kier alpha value is -0.750. The van der Waals surface area contributed by atoms with Crippen molar-refractivity contribution in [1.29, 1.82) is 0 Å². The van der Waals surface area contributed by atoms with E-state index < -0.39 is 17.4 Å². The van der Waals surface area contributed by atoms with E-state index in [-0.39, 0.29) is 11.3 Å². The molecule has 2 fully saturated rings. The Labute approximate surface area is 98.4 Å². The Morgan fingerprint density at radius 1 is 1.75 bits per heavy atom. The monoisotopic (exact) mass is 244 g/mol. The summed E-state index contributed by atoms with van der Waals surface area (Å²) in [7, 11) is 0. The number of aliphatic carboxylic acids is 1. The molecule has 0 aromatic heterocycles. The maximum atomic E-state index is 11.5. The van der Waals surface area contributed by atoms with Gasteiger partial charge in [-0.15, -0.1) is 11.8 Å². The number of fused-ring (bicyclic) bond motifs is 1. The van der Waals surface area contributed by atoms with Crippen molar-refractivity contribution in [1.82, 2.24) is 4.90 Å². The molecule has 2 aliphatic heterocycles. The van der Waals surface area contributed by atoms with E-state index in [1.54, 1.807) is 4.90 Å². The Balaban J connectivity index is 2.14. The predicted octanol–water partition coefficient (Wildman–Crippen LogP) is 0.0999. The number of amides is 1. The Bertz CT molecular complexity index is 336. The number of hydrogen-bond donors (Lipinski definition) is 2. The van der Waals surface area contributed by atoms with Crippen LogP contribution in [0.5, 0.6) is 0 Å². The number of carboxylic acid groups (broad SMARTS) is 1. The summed E-state index contributed by atoms with van der Waals surface area (Å²) in [6, 6.07) is -0.432. The lowest BCUT2D eigenvalue weighted by Crippen LogP contribution is -2.72. The molecule has 3 atom stereocenters. The molecule has 0 radical (unpaired) electrons. The third kappa shape index (κ3) is 1.51. The number of thioether (sulfide) groups is 1. The second-order valence-electron chi connectivity index (χ2n) is 4.53. The number of carbonyl (C=O) groups excluding carboxylic acids is 1. The SMILES string of the molecule is CCCC1(C(=O)O)CS[C@@H]2C(N)C(=O)N2C1. The average Bonchev–Trinajstić information content (AvgIpc) is 2.28. The minimum absolute atomic E-state index is 0.00293. The number of nitrogens with two attached hydrogens (primary N) is 1. The van der Waals surface area contributed by atoms with Crippen molar-refractivity contribution in [2.24, 2.45) is 11.1 Å². The predicted molar refractivity (Wildman–Crippen MR) is 60.9 cm³/mol. The Kier molecular flexibility index (Phi) is 2.88. The number of carboxylic acids is 1. The van der Waals surface area contributed by atoms with Gasteiger partial charge in [-0.3, -0.25) is 9.59 Å². The van der Waals surface area contributed by atoms with Crippen LogP contribution in [0.1, 0.15) is 19.8 Å². The van der Waals surface area contributed by atoms with Crippen molar-refractivity contribution in [3.8, 4) is 0 Å². The number of rotatable bonds is 3. The quantitative estimate of drug-likeness (QED) is 0.688. The molecule has 0 aliphatic carbocycles. The van der Waals surface area contributed by atoms with Gasteiger partial charge < -0.3 is 15.7 Å². The molecule has 0 spiro atoms. The summed E-state index contributed by atoms with van der Waals surface area (Å²) in [5.74, 6) is -0.356. The van der Waals surface area contributed by atoms with Crippen molar-refractivity contribution < 1.29 is 14.7 Å². The van der Waals surface area contributed by atoms with Crippen LogP contribution in [0.25, 0.3) is 0 Å². The minimum Gasteiger partial charge on any atom is -0.481 e. The molecular formula is C10H16N2O3S. The van der Waals surface area contributed by atoms with E-state index >= 15 is 0 Å². The van der Waals surface area contributed by atoms with Gasteiger partial charge in [0.25, 0.3) is 0 Å². The second kappa shape index (κ2) is 3.92. The van der Waals surface area contributed by atoms with Crippen LogP contribution in [0.2, 0.25) is 0 Å². The fourth-order valence-electron chi connectivity index (χ4n) is 2.39. The van der Waals surface area contributed by atoms with Gasteiger partial charge in [0.15, 0.2) is 0 Å². The highest BCUT2D eigenvalue weighted by atomic mass is 32.2. The van der Waals surface area contributed by atoms with Gasteiger partial charge in [0, 0.05) is 12.3 Å². The zero-order valence-corrected chi connectivity index (χ0v) is 10.00. The van der Waals surface area contributed by atoms with Crippen molar-refractivity contribution in [3.63, 3.8) is 0 Å². The first kappa shape index (κ1) is 11.7. The lowest BCUT2D eigenvalue weighted by atomic mass is 9.83. The highest BCUT2D eigenvalue weighted by Gasteiger charge is 2.55. The molecule has 0 aromatic carbocycles. The van der Waals surface area contributed by atoms with Crippen LogP contribution >= 0.6 is 11.8 Å².